The summed E-state index contributed by atoms with van der Waals surface area (Å²) in [5, 5.41) is 11.6. The number of aromatic hydroxyl groups is 1. The lowest BCUT2D eigenvalue weighted by molar-refractivity contribution is -0.00798. The van der Waals surface area contributed by atoms with Crippen LogP contribution in [0.1, 0.15) is 31.2 Å². The summed E-state index contributed by atoms with van der Waals surface area (Å²) in [7, 11) is 4.71. The number of nitrogens with zero attached hydrogens (tertiary/aromatic N) is 3. The smallest absolute Gasteiger partial charge is 0.331 e. The molecule has 0 spiro atoms. The van der Waals surface area contributed by atoms with Crippen LogP contribution in [0.15, 0.2) is 52.1 Å². The molecule has 0 aliphatic carbocycles. The van der Waals surface area contributed by atoms with Gasteiger partial charge in [0.15, 0.2) is 0 Å². The Bertz CT molecular complexity index is 1600. The highest BCUT2D eigenvalue weighted by atomic mass is 35.5. The molecular weight excluding hydrogens is 470 g/mol. The predicted molar refractivity (Wildman–Crippen MR) is 135 cm³/mol. The standard InChI is InChI=1S/C26H26ClN3O5/c1-26(2)13-35-23(17-12-15(27)8-11-18(17)31)22-21-19(24(32)29(4)25(33)28(21)3)20(30(22)26)14-6-9-16(34-5)10-7-14/h6-12,23,31H,13H2,1-5H3/t23-/m0/s1. The van der Waals surface area contributed by atoms with Gasteiger partial charge in [0.2, 0.25) is 0 Å². The summed E-state index contributed by atoms with van der Waals surface area (Å²) < 4.78 is 16.3. The maximum absolute atomic E-state index is 13.6. The minimum Gasteiger partial charge on any atom is -0.508 e. The molecule has 0 saturated heterocycles. The number of aromatic nitrogens is 3. The van der Waals surface area contributed by atoms with Crippen molar-refractivity contribution in [3.8, 4) is 22.8 Å². The molecule has 1 aliphatic heterocycles. The zero-order chi connectivity index (χ0) is 25.2. The van der Waals surface area contributed by atoms with Gasteiger partial charge in [-0.3, -0.25) is 13.9 Å². The quantitative estimate of drug-likeness (QED) is 0.465. The maximum atomic E-state index is 13.6. The fourth-order valence-electron chi connectivity index (χ4n) is 4.99. The van der Waals surface area contributed by atoms with Gasteiger partial charge < -0.3 is 19.1 Å². The molecule has 0 fully saturated rings. The first-order valence-electron chi connectivity index (χ1n) is 11.2. The molecule has 0 bridgehead atoms. The molecule has 1 atom stereocenters. The van der Waals surface area contributed by atoms with Crippen molar-refractivity contribution in [2.45, 2.75) is 25.5 Å². The zero-order valence-corrected chi connectivity index (χ0v) is 20.9. The largest absolute Gasteiger partial charge is 0.508 e. The third-order valence-corrected chi connectivity index (χ3v) is 6.94. The van der Waals surface area contributed by atoms with Gasteiger partial charge in [0.1, 0.15) is 17.6 Å². The van der Waals surface area contributed by atoms with Gasteiger partial charge in [-0.05, 0) is 61.9 Å². The summed E-state index contributed by atoms with van der Waals surface area (Å²) in [6.07, 6.45) is -0.756. The van der Waals surface area contributed by atoms with Crippen molar-refractivity contribution in [2.24, 2.45) is 14.1 Å². The van der Waals surface area contributed by atoms with Crippen molar-refractivity contribution in [1.29, 1.82) is 0 Å². The van der Waals surface area contributed by atoms with Crippen LogP contribution in [0.25, 0.3) is 22.2 Å². The molecule has 2 aromatic heterocycles. The topological polar surface area (TPSA) is 87.6 Å². The van der Waals surface area contributed by atoms with Crippen molar-refractivity contribution >= 4 is 22.5 Å². The normalized spacial score (nSPS) is 16.9. The molecule has 0 radical (unpaired) electrons. The van der Waals surface area contributed by atoms with E-state index in [1.807, 2.05) is 38.1 Å². The molecule has 4 aromatic rings. The molecule has 3 heterocycles. The predicted octanol–water partition coefficient (Wildman–Crippen LogP) is 3.93. The van der Waals surface area contributed by atoms with Gasteiger partial charge >= 0.3 is 5.69 Å². The first-order chi connectivity index (χ1) is 16.6. The third-order valence-electron chi connectivity index (χ3n) is 6.70. The van der Waals surface area contributed by atoms with E-state index >= 15 is 0 Å². The highest BCUT2D eigenvalue weighted by Gasteiger charge is 2.41. The molecule has 0 amide bonds. The molecule has 1 aliphatic rings. The van der Waals surface area contributed by atoms with Crippen molar-refractivity contribution < 1.29 is 14.6 Å². The van der Waals surface area contributed by atoms with Crippen LogP contribution in [0, 0.1) is 0 Å². The van der Waals surface area contributed by atoms with Gasteiger partial charge in [0, 0.05) is 24.7 Å². The van der Waals surface area contributed by atoms with E-state index in [4.69, 9.17) is 21.1 Å². The van der Waals surface area contributed by atoms with Crippen LogP contribution in [-0.2, 0) is 24.4 Å². The van der Waals surface area contributed by atoms with E-state index in [9.17, 15) is 14.7 Å². The fourth-order valence-corrected chi connectivity index (χ4v) is 5.17. The number of phenols is 1. The van der Waals surface area contributed by atoms with E-state index in [0.717, 1.165) is 10.1 Å². The van der Waals surface area contributed by atoms with E-state index in [0.29, 0.717) is 45.2 Å². The summed E-state index contributed by atoms with van der Waals surface area (Å²) in [4.78, 5) is 26.6. The lowest BCUT2D eigenvalue weighted by Crippen LogP contribution is -2.40. The minimum atomic E-state index is -0.756. The number of fused-ring (bicyclic) bond motifs is 3. The molecule has 182 valence electrons. The van der Waals surface area contributed by atoms with E-state index in [1.54, 1.807) is 26.3 Å². The number of aryl methyl sites for hydroxylation is 1. The number of hydrogen-bond donors (Lipinski definition) is 1. The molecule has 0 saturated carbocycles. The molecule has 35 heavy (non-hydrogen) atoms. The van der Waals surface area contributed by atoms with Crippen LogP contribution in [0.4, 0.5) is 0 Å². The Labute approximate surface area is 206 Å². The average Bonchev–Trinajstić information content (AvgIpc) is 3.21. The number of benzene rings is 2. The van der Waals surface area contributed by atoms with Crippen LogP contribution >= 0.6 is 11.6 Å². The summed E-state index contributed by atoms with van der Waals surface area (Å²) in [6.45, 7) is 4.33. The second-order valence-corrected chi connectivity index (χ2v) is 9.87. The van der Waals surface area contributed by atoms with Crippen LogP contribution in [-0.4, -0.2) is 32.5 Å². The van der Waals surface area contributed by atoms with Gasteiger partial charge in [0.05, 0.1) is 41.5 Å². The van der Waals surface area contributed by atoms with E-state index in [1.165, 1.54) is 17.7 Å². The molecule has 9 heteroatoms. The minimum absolute atomic E-state index is 0.0137. The van der Waals surface area contributed by atoms with Crippen molar-refractivity contribution in [3.63, 3.8) is 0 Å². The number of halogens is 1. The molecular formula is C26H26ClN3O5. The Kier molecular flexibility index (Phi) is 5.34. The highest BCUT2D eigenvalue weighted by Crippen LogP contribution is 2.47. The summed E-state index contributed by atoms with van der Waals surface area (Å²) >= 11 is 6.28. The molecule has 0 unspecified atom stereocenters. The van der Waals surface area contributed by atoms with E-state index in [2.05, 4.69) is 4.57 Å². The summed E-state index contributed by atoms with van der Waals surface area (Å²) in [6, 6.07) is 12.2. The first kappa shape index (κ1) is 23.3. The first-order valence-corrected chi connectivity index (χ1v) is 11.5. The lowest BCUT2D eigenvalue weighted by atomic mass is 9.97. The Morgan fingerprint density at radius 2 is 1.77 bits per heavy atom. The van der Waals surface area contributed by atoms with Gasteiger partial charge in [0.25, 0.3) is 5.56 Å². The van der Waals surface area contributed by atoms with Crippen LogP contribution in [0.5, 0.6) is 11.5 Å². The Morgan fingerprint density at radius 3 is 2.43 bits per heavy atom. The van der Waals surface area contributed by atoms with Crippen molar-refractivity contribution in [3.05, 3.63) is 79.6 Å². The molecule has 5 rings (SSSR count). The summed E-state index contributed by atoms with van der Waals surface area (Å²) in [5.74, 6) is 0.702. The average molecular weight is 496 g/mol. The van der Waals surface area contributed by atoms with Gasteiger partial charge in [-0.1, -0.05) is 11.6 Å². The van der Waals surface area contributed by atoms with Crippen LogP contribution < -0.4 is 16.0 Å². The van der Waals surface area contributed by atoms with Gasteiger partial charge in [-0.25, -0.2) is 4.79 Å². The second kappa shape index (κ2) is 8.03. The number of rotatable bonds is 3. The second-order valence-electron chi connectivity index (χ2n) is 9.43. The monoisotopic (exact) mass is 495 g/mol. The zero-order valence-electron chi connectivity index (χ0n) is 20.1. The Balaban J connectivity index is 2.00. The maximum Gasteiger partial charge on any atom is 0.331 e. The van der Waals surface area contributed by atoms with Gasteiger partial charge in [-0.2, -0.15) is 0 Å². The van der Waals surface area contributed by atoms with Crippen molar-refractivity contribution in [1.82, 2.24) is 13.7 Å². The number of methoxy groups -OCH3 is 1. The number of phenolic OH excluding ortho intramolecular Hbond substituents is 1. The Hall–Kier alpha value is -3.49. The van der Waals surface area contributed by atoms with Gasteiger partial charge in [-0.15, -0.1) is 0 Å². The molecule has 1 N–H and O–H groups in total. The third kappa shape index (κ3) is 3.39. The fraction of sp³-hybridized carbons (Fsp3) is 0.308. The highest BCUT2D eigenvalue weighted by molar-refractivity contribution is 6.30. The van der Waals surface area contributed by atoms with E-state index < -0.39 is 22.9 Å². The lowest BCUT2D eigenvalue weighted by Gasteiger charge is -2.39. The number of ether oxygens (including phenoxy) is 2. The number of hydrogen-bond acceptors (Lipinski definition) is 5. The van der Waals surface area contributed by atoms with Crippen molar-refractivity contribution in [2.75, 3.05) is 13.7 Å². The van der Waals surface area contributed by atoms with E-state index in [-0.39, 0.29) is 5.75 Å². The van der Waals surface area contributed by atoms with Crippen LogP contribution in [0.3, 0.4) is 0 Å². The summed E-state index contributed by atoms with van der Waals surface area (Å²) in [5.41, 5.74) is 1.57. The molecule has 8 nitrogen and oxygen atoms in total. The van der Waals surface area contributed by atoms with Crippen LogP contribution in [0.2, 0.25) is 5.02 Å². The Morgan fingerprint density at radius 1 is 1.09 bits per heavy atom. The molecule has 2 aromatic carbocycles. The SMILES string of the molecule is COc1ccc(-c2c3c(=O)n(C)c(=O)n(C)c3c3n2C(C)(C)CO[C@H]3c2cc(Cl)ccc2O)cc1.